The predicted molar refractivity (Wildman–Crippen MR) is 65.7 cm³/mol. The zero-order valence-electron chi connectivity index (χ0n) is 11.6. The van der Waals surface area contributed by atoms with Crippen molar-refractivity contribution < 1.29 is 14.3 Å². The molecule has 0 atom stereocenters. The summed E-state index contributed by atoms with van der Waals surface area (Å²) in [6, 6.07) is 0. The molecule has 0 aliphatic carbocycles. The zero-order valence-corrected chi connectivity index (χ0v) is 11.6. The molecule has 0 fully saturated rings. The van der Waals surface area contributed by atoms with E-state index < -0.39 is 0 Å². The van der Waals surface area contributed by atoms with E-state index in [4.69, 9.17) is 9.47 Å². The Bertz CT molecular complexity index is 214. The second-order valence-electron chi connectivity index (χ2n) is 5.64. The van der Waals surface area contributed by atoms with E-state index in [2.05, 4.69) is 0 Å². The molecular formula is C13H26O3. The summed E-state index contributed by atoms with van der Waals surface area (Å²) in [6.45, 7) is 12.9. The average molecular weight is 230 g/mol. The van der Waals surface area contributed by atoms with Gasteiger partial charge in [0.1, 0.15) is 5.78 Å². The molecule has 0 saturated carbocycles. The van der Waals surface area contributed by atoms with Gasteiger partial charge in [0.15, 0.2) is 0 Å². The summed E-state index contributed by atoms with van der Waals surface area (Å²) in [6.07, 6.45) is 1.05. The smallest absolute Gasteiger partial charge is 0.135 e. The van der Waals surface area contributed by atoms with E-state index in [0.29, 0.717) is 26.1 Å². The predicted octanol–water partition coefficient (Wildman–Crippen LogP) is 2.97. The van der Waals surface area contributed by atoms with E-state index in [1.54, 1.807) is 0 Å². The van der Waals surface area contributed by atoms with Crippen molar-refractivity contribution in [3.8, 4) is 0 Å². The van der Waals surface area contributed by atoms with Gasteiger partial charge in [-0.1, -0.05) is 6.92 Å². The van der Waals surface area contributed by atoms with Gasteiger partial charge in [0.05, 0.1) is 24.4 Å². The number of ether oxygens (including phenoxy) is 2. The van der Waals surface area contributed by atoms with Crippen LogP contribution in [0, 0.1) is 0 Å². The number of rotatable bonds is 7. The van der Waals surface area contributed by atoms with Crippen LogP contribution in [0.1, 0.15) is 54.4 Å². The fourth-order valence-corrected chi connectivity index (χ4v) is 1.32. The van der Waals surface area contributed by atoms with Crippen molar-refractivity contribution in [2.75, 3.05) is 13.2 Å². The Morgan fingerprint density at radius 3 is 1.94 bits per heavy atom. The van der Waals surface area contributed by atoms with Crippen molar-refractivity contribution >= 4 is 5.78 Å². The Balaban J connectivity index is 3.78. The highest BCUT2D eigenvalue weighted by Crippen LogP contribution is 2.16. The van der Waals surface area contributed by atoms with Crippen LogP contribution in [0.5, 0.6) is 0 Å². The lowest BCUT2D eigenvalue weighted by Gasteiger charge is -2.26. The molecule has 0 aliphatic heterocycles. The molecule has 0 aromatic carbocycles. The largest absolute Gasteiger partial charge is 0.373 e. The van der Waals surface area contributed by atoms with Crippen molar-refractivity contribution in [3.05, 3.63) is 0 Å². The molecule has 0 aromatic heterocycles. The highest BCUT2D eigenvalue weighted by Gasteiger charge is 2.21. The summed E-state index contributed by atoms with van der Waals surface area (Å²) >= 11 is 0. The summed E-state index contributed by atoms with van der Waals surface area (Å²) in [4.78, 5) is 11.3. The molecule has 0 amide bonds. The monoisotopic (exact) mass is 230 g/mol. The summed E-state index contributed by atoms with van der Waals surface area (Å²) in [5.41, 5.74) is -0.513. The molecule has 0 rings (SSSR count). The van der Waals surface area contributed by atoms with Gasteiger partial charge in [-0.15, -0.1) is 0 Å². The van der Waals surface area contributed by atoms with Gasteiger partial charge in [-0.3, -0.25) is 4.79 Å². The number of carbonyl (C=O) groups excluding carboxylic acids is 1. The van der Waals surface area contributed by atoms with Crippen molar-refractivity contribution in [2.45, 2.75) is 65.6 Å². The van der Waals surface area contributed by atoms with Gasteiger partial charge in [-0.2, -0.15) is 0 Å². The Kier molecular flexibility index (Phi) is 6.19. The van der Waals surface area contributed by atoms with Crippen molar-refractivity contribution in [2.24, 2.45) is 0 Å². The van der Waals surface area contributed by atoms with Gasteiger partial charge >= 0.3 is 0 Å². The number of hydrogen-bond donors (Lipinski definition) is 0. The maximum absolute atomic E-state index is 11.3. The third kappa shape index (κ3) is 8.86. The van der Waals surface area contributed by atoms with Gasteiger partial charge in [0.25, 0.3) is 0 Å². The fourth-order valence-electron chi connectivity index (χ4n) is 1.32. The van der Waals surface area contributed by atoms with E-state index in [9.17, 15) is 4.79 Å². The Hall–Kier alpha value is -0.410. The molecule has 16 heavy (non-hydrogen) atoms. The minimum Gasteiger partial charge on any atom is -0.373 e. The summed E-state index contributed by atoms with van der Waals surface area (Å²) < 4.78 is 11.2. The standard InChI is InChI=1S/C13H26O3/c1-7-11(14)10-13(5,6)16-9-8-15-12(2,3)4/h7-10H2,1-6H3. The number of carbonyl (C=O) groups is 1. The molecule has 0 unspecified atom stereocenters. The molecule has 0 radical (unpaired) electrons. The molecule has 0 saturated heterocycles. The highest BCUT2D eigenvalue weighted by molar-refractivity contribution is 5.78. The lowest BCUT2D eigenvalue weighted by molar-refractivity contribution is -0.127. The minimum absolute atomic E-state index is 0.132. The van der Waals surface area contributed by atoms with Gasteiger partial charge < -0.3 is 9.47 Å². The van der Waals surface area contributed by atoms with E-state index in [0.717, 1.165) is 0 Å². The van der Waals surface area contributed by atoms with Crippen LogP contribution >= 0.6 is 0 Å². The van der Waals surface area contributed by atoms with E-state index in [1.807, 2.05) is 41.5 Å². The quantitative estimate of drug-likeness (QED) is 0.631. The Morgan fingerprint density at radius 1 is 1.00 bits per heavy atom. The van der Waals surface area contributed by atoms with Crippen molar-refractivity contribution in [1.82, 2.24) is 0 Å². The molecule has 0 spiro atoms. The Morgan fingerprint density at radius 2 is 1.50 bits per heavy atom. The van der Waals surface area contributed by atoms with Crippen LogP contribution in [0.25, 0.3) is 0 Å². The maximum atomic E-state index is 11.3. The van der Waals surface area contributed by atoms with Crippen LogP contribution in [0.3, 0.4) is 0 Å². The van der Waals surface area contributed by atoms with E-state index >= 15 is 0 Å². The highest BCUT2D eigenvalue weighted by atomic mass is 16.5. The van der Waals surface area contributed by atoms with E-state index in [1.165, 1.54) is 0 Å². The average Bonchev–Trinajstić information content (AvgIpc) is 2.10. The molecular weight excluding hydrogens is 204 g/mol. The molecule has 3 heteroatoms. The third-order valence-corrected chi connectivity index (χ3v) is 2.13. The molecule has 0 aliphatic rings. The lowest BCUT2D eigenvalue weighted by atomic mass is 10.0. The lowest BCUT2D eigenvalue weighted by Crippen LogP contribution is -2.31. The number of Topliss-reactive ketones (excluding diaryl/α,β-unsaturated/α-hetero) is 1. The number of hydrogen-bond acceptors (Lipinski definition) is 3. The van der Waals surface area contributed by atoms with Gasteiger partial charge in [0, 0.05) is 12.8 Å². The second-order valence-corrected chi connectivity index (χ2v) is 5.64. The van der Waals surface area contributed by atoms with Crippen molar-refractivity contribution in [1.29, 1.82) is 0 Å². The minimum atomic E-state index is -0.381. The van der Waals surface area contributed by atoms with Gasteiger partial charge in [0.2, 0.25) is 0 Å². The van der Waals surface area contributed by atoms with E-state index in [-0.39, 0.29) is 17.0 Å². The van der Waals surface area contributed by atoms with Crippen LogP contribution in [0.4, 0.5) is 0 Å². The fraction of sp³-hybridized carbons (Fsp3) is 0.923. The first-order valence-electron chi connectivity index (χ1n) is 5.96. The van der Waals surface area contributed by atoms with Crippen LogP contribution in [-0.2, 0) is 14.3 Å². The van der Waals surface area contributed by atoms with Gasteiger partial charge in [-0.05, 0) is 34.6 Å². The van der Waals surface area contributed by atoms with Crippen LogP contribution in [0.2, 0.25) is 0 Å². The molecule has 0 aromatic rings. The first-order valence-corrected chi connectivity index (χ1v) is 5.96. The maximum Gasteiger partial charge on any atom is 0.135 e. The van der Waals surface area contributed by atoms with Gasteiger partial charge in [-0.25, -0.2) is 0 Å². The molecule has 0 heterocycles. The molecule has 0 bridgehead atoms. The Labute approximate surface area is 99.5 Å². The first-order chi connectivity index (χ1) is 7.16. The zero-order chi connectivity index (χ0) is 12.8. The number of ketones is 1. The molecule has 3 nitrogen and oxygen atoms in total. The first kappa shape index (κ1) is 15.6. The second kappa shape index (κ2) is 6.36. The van der Waals surface area contributed by atoms with Crippen molar-refractivity contribution in [3.63, 3.8) is 0 Å². The van der Waals surface area contributed by atoms with Crippen LogP contribution in [0.15, 0.2) is 0 Å². The third-order valence-electron chi connectivity index (χ3n) is 2.13. The normalized spacial score (nSPS) is 12.9. The molecule has 96 valence electrons. The SMILES string of the molecule is CCC(=O)CC(C)(C)OCCOC(C)(C)C. The summed E-state index contributed by atoms with van der Waals surface area (Å²) in [5, 5.41) is 0. The summed E-state index contributed by atoms with van der Waals surface area (Å²) in [5.74, 6) is 0.238. The topological polar surface area (TPSA) is 35.5 Å². The van der Waals surface area contributed by atoms with Crippen LogP contribution in [-0.4, -0.2) is 30.2 Å². The molecule has 0 N–H and O–H groups in total. The van der Waals surface area contributed by atoms with Crippen LogP contribution < -0.4 is 0 Å². The summed E-state index contributed by atoms with van der Waals surface area (Å²) in [7, 11) is 0.